The van der Waals surface area contributed by atoms with E-state index in [0.29, 0.717) is 0 Å². The molecule has 0 N–H and O–H groups in total. The first-order chi connectivity index (χ1) is 7.75. The molecule has 17 heavy (non-hydrogen) atoms. The number of hydrogen-bond donors (Lipinski definition) is 0. The van der Waals surface area contributed by atoms with Crippen LogP contribution in [0.4, 0.5) is 5.82 Å². The predicted octanol–water partition coefficient (Wildman–Crippen LogP) is -4.04. The number of carboxylic acid groups (broad SMARTS) is 1. The van der Waals surface area contributed by atoms with Crippen molar-refractivity contribution in [3.8, 4) is 0 Å². The zero-order valence-corrected chi connectivity index (χ0v) is 12.0. The van der Waals surface area contributed by atoms with Crippen molar-refractivity contribution in [1.82, 2.24) is 9.88 Å². The second-order valence-corrected chi connectivity index (χ2v) is 3.82. The molecule has 0 atom stereocenters. The van der Waals surface area contributed by atoms with E-state index < -0.39 is 5.97 Å². The summed E-state index contributed by atoms with van der Waals surface area (Å²) < 4.78 is 0. The van der Waals surface area contributed by atoms with Gasteiger partial charge < -0.3 is 14.8 Å². The maximum absolute atomic E-state index is 10.4. The molecule has 2 rings (SSSR count). The molecule has 1 aliphatic rings. The Labute approximate surface area is 123 Å². The van der Waals surface area contributed by atoms with Crippen molar-refractivity contribution in [1.29, 1.82) is 0 Å². The van der Waals surface area contributed by atoms with Gasteiger partial charge in [0.2, 0.25) is 0 Å². The van der Waals surface area contributed by atoms with Crippen LogP contribution in [-0.4, -0.2) is 48.6 Å². The van der Waals surface area contributed by atoms with E-state index in [1.54, 1.807) is 6.20 Å². The molecule has 0 unspecified atom stereocenters. The van der Waals surface area contributed by atoms with Crippen LogP contribution in [0.15, 0.2) is 24.4 Å². The van der Waals surface area contributed by atoms with Crippen LogP contribution in [0.5, 0.6) is 0 Å². The van der Waals surface area contributed by atoms with E-state index in [4.69, 9.17) is 0 Å². The van der Waals surface area contributed by atoms with Gasteiger partial charge in [0.15, 0.2) is 0 Å². The predicted molar refractivity (Wildman–Crippen MR) is 57.9 cm³/mol. The number of hydrogen-bond acceptors (Lipinski definition) is 5. The Hall–Kier alpha value is -0.620. The molecular formula is C11H14N3NaO2. The minimum Gasteiger partial charge on any atom is -0.549 e. The Morgan fingerprint density at radius 3 is 2.53 bits per heavy atom. The number of carboxylic acids is 1. The van der Waals surface area contributed by atoms with Gasteiger partial charge in [-0.15, -0.1) is 0 Å². The fourth-order valence-corrected chi connectivity index (χ4v) is 1.86. The van der Waals surface area contributed by atoms with Crippen LogP contribution in [-0.2, 0) is 4.79 Å². The summed E-state index contributed by atoms with van der Waals surface area (Å²) in [6.45, 7) is 3.12. The Kier molecular flexibility index (Phi) is 5.91. The van der Waals surface area contributed by atoms with Crippen LogP contribution < -0.4 is 39.6 Å². The smallest absolute Gasteiger partial charge is 0.549 e. The summed E-state index contributed by atoms with van der Waals surface area (Å²) >= 11 is 0. The van der Waals surface area contributed by atoms with Gasteiger partial charge in [-0.05, 0) is 12.1 Å². The Morgan fingerprint density at radius 1 is 1.29 bits per heavy atom. The van der Waals surface area contributed by atoms with Crippen molar-refractivity contribution in [3.63, 3.8) is 0 Å². The van der Waals surface area contributed by atoms with Crippen LogP contribution in [0.25, 0.3) is 0 Å². The first kappa shape index (κ1) is 14.4. The topological polar surface area (TPSA) is 59.5 Å². The molecule has 5 nitrogen and oxygen atoms in total. The zero-order chi connectivity index (χ0) is 11.4. The molecule has 0 amide bonds. The van der Waals surface area contributed by atoms with Gasteiger partial charge in [0.1, 0.15) is 5.82 Å². The molecule has 0 saturated carbocycles. The van der Waals surface area contributed by atoms with E-state index in [2.05, 4.69) is 9.88 Å². The van der Waals surface area contributed by atoms with Crippen molar-refractivity contribution in [3.05, 3.63) is 24.4 Å². The number of rotatable bonds is 3. The van der Waals surface area contributed by atoms with Gasteiger partial charge >= 0.3 is 29.6 Å². The van der Waals surface area contributed by atoms with Crippen molar-refractivity contribution in [2.45, 2.75) is 0 Å². The average molecular weight is 243 g/mol. The fraction of sp³-hybridized carbons (Fsp3) is 0.455. The molecule has 1 aromatic rings. The fourth-order valence-electron chi connectivity index (χ4n) is 1.86. The summed E-state index contributed by atoms with van der Waals surface area (Å²) in [6.07, 6.45) is 1.77. The number of aliphatic carboxylic acids is 1. The summed E-state index contributed by atoms with van der Waals surface area (Å²) in [5, 5.41) is 10.4. The van der Waals surface area contributed by atoms with Crippen LogP contribution in [0.1, 0.15) is 0 Å². The molecule has 86 valence electrons. The molecule has 1 aromatic heterocycles. The molecule has 1 aliphatic heterocycles. The largest absolute Gasteiger partial charge is 1.00 e. The second-order valence-electron chi connectivity index (χ2n) is 3.82. The standard InChI is InChI=1S/C11H15N3O2.Na/c15-11(16)9-13-5-7-14(8-6-13)10-3-1-2-4-12-10;/h1-4H,5-9H2,(H,15,16);/q;+1/p-1. The number of anilines is 1. The maximum Gasteiger partial charge on any atom is 1.00 e. The van der Waals surface area contributed by atoms with Gasteiger partial charge in [-0.1, -0.05) is 6.07 Å². The Balaban J connectivity index is 0.00000144. The summed E-state index contributed by atoms with van der Waals surface area (Å²) in [5.41, 5.74) is 0. The number of nitrogens with zero attached hydrogens (tertiary/aromatic N) is 3. The normalized spacial score (nSPS) is 16.4. The van der Waals surface area contributed by atoms with E-state index in [0.717, 1.165) is 32.0 Å². The quantitative estimate of drug-likeness (QED) is 0.506. The van der Waals surface area contributed by atoms with E-state index in [1.807, 2.05) is 23.1 Å². The van der Waals surface area contributed by atoms with E-state index in [-0.39, 0.29) is 36.1 Å². The van der Waals surface area contributed by atoms with Gasteiger partial charge in [0, 0.05) is 38.9 Å². The summed E-state index contributed by atoms with van der Waals surface area (Å²) in [4.78, 5) is 18.7. The molecule has 0 bridgehead atoms. The van der Waals surface area contributed by atoms with Crippen molar-refractivity contribution < 1.29 is 39.5 Å². The Bertz CT molecular complexity index is 353. The average Bonchev–Trinajstić information content (AvgIpc) is 2.30. The third kappa shape index (κ3) is 4.27. The van der Waals surface area contributed by atoms with Crippen molar-refractivity contribution >= 4 is 11.8 Å². The molecule has 1 fully saturated rings. The van der Waals surface area contributed by atoms with Crippen LogP contribution >= 0.6 is 0 Å². The molecule has 1 saturated heterocycles. The molecule has 0 aromatic carbocycles. The third-order valence-electron chi connectivity index (χ3n) is 2.70. The monoisotopic (exact) mass is 243 g/mol. The van der Waals surface area contributed by atoms with Gasteiger partial charge in [0.05, 0.1) is 5.97 Å². The number of pyridine rings is 1. The molecule has 0 aliphatic carbocycles. The maximum atomic E-state index is 10.4. The third-order valence-corrected chi connectivity index (χ3v) is 2.70. The van der Waals surface area contributed by atoms with Crippen molar-refractivity contribution in [2.24, 2.45) is 0 Å². The molecule has 2 heterocycles. The first-order valence-electron chi connectivity index (χ1n) is 5.34. The minimum absolute atomic E-state index is 0. The van der Waals surface area contributed by atoms with Crippen molar-refractivity contribution in [2.75, 3.05) is 37.6 Å². The second kappa shape index (κ2) is 6.96. The van der Waals surface area contributed by atoms with Crippen LogP contribution in [0, 0.1) is 0 Å². The van der Waals surface area contributed by atoms with Gasteiger partial charge in [-0.3, -0.25) is 4.90 Å². The van der Waals surface area contributed by atoms with Gasteiger partial charge in [0.25, 0.3) is 0 Å². The van der Waals surface area contributed by atoms with Crippen LogP contribution in [0.2, 0.25) is 0 Å². The zero-order valence-electron chi connectivity index (χ0n) is 10.0. The van der Waals surface area contributed by atoms with E-state index >= 15 is 0 Å². The number of carbonyl (C=O) groups excluding carboxylic acids is 1. The number of piperazine rings is 1. The Morgan fingerprint density at radius 2 is 2.00 bits per heavy atom. The summed E-state index contributed by atoms with van der Waals surface area (Å²) in [6, 6.07) is 5.81. The first-order valence-corrected chi connectivity index (χ1v) is 5.34. The van der Waals surface area contributed by atoms with E-state index in [1.165, 1.54) is 0 Å². The number of carbonyl (C=O) groups is 1. The SMILES string of the molecule is O=C([O-])CN1CCN(c2ccccn2)CC1.[Na+]. The van der Waals surface area contributed by atoms with Crippen LogP contribution in [0.3, 0.4) is 0 Å². The molecule has 0 spiro atoms. The molecule has 0 radical (unpaired) electrons. The minimum atomic E-state index is -1.01. The summed E-state index contributed by atoms with van der Waals surface area (Å²) in [5.74, 6) is -0.0538. The summed E-state index contributed by atoms with van der Waals surface area (Å²) in [7, 11) is 0. The van der Waals surface area contributed by atoms with E-state index in [9.17, 15) is 9.90 Å². The molecular weight excluding hydrogens is 229 g/mol. The number of aromatic nitrogens is 1. The van der Waals surface area contributed by atoms with Gasteiger partial charge in [-0.25, -0.2) is 4.98 Å². The molecule has 6 heteroatoms. The van der Waals surface area contributed by atoms with Gasteiger partial charge in [-0.2, -0.15) is 0 Å².